The number of terminal acetylenes is 2. The molecule has 3 N–H and O–H groups in total. The molecule has 0 aromatic heterocycles. The number of aliphatic hydroxyl groups is 3. The first kappa shape index (κ1) is 46.1. The first-order valence-electron chi connectivity index (χ1n) is 19.7. The highest BCUT2D eigenvalue weighted by Crippen LogP contribution is 2.14. The number of aliphatic hydroxyl groups excluding tert-OH is 3. The van der Waals surface area contributed by atoms with Crippen molar-refractivity contribution in [3.05, 3.63) is 48.6 Å². The van der Waals surface area contributed by atoms with Crippen LogP contribution >= 0.6 is 0 Å². The van der Waals surface area contributed by atoms with E-state index in [4.69, 9.17) is 12.8 Å². The van der Waals surface area contributed by atoms with Crippen LogP contribution in [0.3, 0.4) is 0 Å². The van der Waals surface area contributed by atoms with Crippen LogP contribution in [0.2, 0.25) is 0 Å². The van der Waals surface area contributed by atoms with Crippen molar-refractivity contribution in [2.45, 2.75) is 192 Å². The summed E-state index contributed by atoms with van der Waals surface area (Å²) in [5.74, 6) is 16.1. The van der Waals surface area contributed by atoms with E-state index < -0.39 is 18.3 Å². The van der Waals surface area contributed by atoms with Gasteiger partial charge in [0.2, 0.25) is 0 Å². The van der Waals surface area contributed by atoms with Crippen LogP contribution in [-0.4, -0.2) is 33.6 Å². The van der Waals surface area contributed by atoms with Gasteiger partial charge in [-0.1, -0.05) is 155 Å². The Morgan fingerprint density at radius 3 is 1.45 bits per heavy atom. The second-order valence-electron chi connectivity index (χ2n) is 13.1. The average molecular weight is 671 g/mol. The number of allylic oxidation sites excluding steroid dienone is 7. The molecule has 0 aromatic carbocycles. The summed E-state index contributed by atoms with van der Waals surface area (Å²) in [5, 5.41) is 28.5. The van der Waals surface area contributed by atoms with Crippen molar-refractivity contribution in [1.29, 1.82) is 0 Å². The second-order valence-corrected chi connectivity index (χ2v) is 13.1. The van der Waals surface area contributed by atoms with Crippen LogP contribution in [0.25, 0.3) is 0 Å². The van der Waals surface area contributed by atoms with Gasteiger partial charge in [0, 0.05) is 6.42 Å². The molecule has 0 saturated heterocycles. The standard InChI is InChI=1S/C46H70O3/c1-3-44(47)40-36-32-28-24-22-20-18-16-14-12-10-8-6-5-7-9-11-13-15-17-19-21-23-25-30-34-38-42-46(49)43-39-35-31-27-26-29-33-37-41-45(48)4-2/h1-2,7,9,19,21,30,34,37,41,44-49H,5-6,8,10-18,20,22-29,31-33,35-36,40H2. The van der Waals surface area contributed by atoms with Crippen molar-refractivity contribution in [1.82, 2.24) is 0 Å². The van der Waals surface area contributed by atoms with Crippen LogP contribution in [0, 0.1) is 48.4 Å². The molecule has 272 valence electrons. The Morgan fingerprint density at radius 1 is 0.449 bits per heavy atom. The normalized spacial score (nSPS) is 13.2. The molecular formula is C46H70O3. The molecule has 0 rings (SSSR count). The van der Waals surface area contributed by atoms with Crippen LogP contribution in [-0.2, 0) is 0 Å². The molecule has 3 unspecified atom stereocenters. The van der Waals surface area contributed by atoms with Crippen molar-refractivity contribution in [3.8, 4) is 48.4 Å². The summed E-state index contributed by atoms with van der Waals surface area (Å²) < 4.78 is 0. The minimum absolute atomic E-state index is 0.545. The fraction of sp³-hybridized carbons (Fsp3) is 0.652. The van der Waals surface area contributed by atoms with Crippen LogP contribution in [0.15, 0.2) is 48.6 Å². The van der Waals surface area contributed by atoms with E-state index in [1.54, 1.807) is 6.08 Å². The Kier molecular flexibility index (Phi) is 37.2. The zero-order valence-electron chi connectivity index (χ0n) is 30.9. The molecule has 3 atom stereocenters. The minimum atomic E-state index is -0.886. The third kappa shape index (κ3) is 39.4. The number of unbranched alkanes of at least 4 members (excludes halogenated alkanes) is 22. The Labute approximate surface area is 303 Å². The zero-order chi connectivity index (χ0) is 35.7. The van der Waals surface area contributed by atoms with E-state index in [1.807, 2.05) is 12.2 Å². The molecule has 0 fully saturated rings. The van der Waals surface area contributed by atoms with Gasteiger partial charge < -0.3 is 15.3 Å². The number of hydrogen-bond donors (Lipinski definition) is 3. The molecule has 0 radical (unpaired) electrons. The van der Waals surface area contributed by atoms with E-state index in [1.165, 1.54) is 103 Å². The van der Waals surface area contributed by atoms with Gasteiger partial charge in [0.25, 0.3) is 0 Å². The molecule has 0 aromatic rings. The molecule has 0 spiro atoms. The highest BCUT2D eigenvalue weighted by Gasteiger charge is 1.98. The smallest absolute Gasteiger partial charge is 0.176 e. The fourth-order valence-corrected chi connectivity index (χ4v) is 5.40. The lowest BCUT2D eigenvalue weighted by Crippen LogP contribution is -2.01. The lowest BCUT2D eigenvalue weighted by Gasteiger charge is -2.04. The zero-order valence-corrected chi connectivity index (χ0v) is 30.9. The first-order valence-corrected chi connectivity index (χ1v) is 19.7. The summed E-state index contributed by atoms with van der Waals surface area (Å²) in [7, 11) is 0. The topological polar surface area (TPSA) is 60.7 Å². The van der Waals surface area contributed by atoms with Crippen molar-refractivity contribution >= 4 is 0 Å². The highest BCUT2D eigenvalue weighted by molar-refractivity contribution is 5.24. The van der Waals surface area contributed by atoms with Crippen LogP contribution < -0.4 is 0 Å². The molecule has 0 aliphatic rings. The van der Waals surface area contributed by atoms with Crippen molar-refractivity contribution in [3.63, 3.8) is 0 Å². The highest BCUT2D eigenvalue weighted by atomic mass is 16.3. The predicted octanol–water partition coefficient (Wildman–Crippen LogP) is 11.1. The van der Waals surface area contributed by atoms with Crippen molar-refractivity contribution < 1.29 is 15.3 Å². The minimum Gasteiger partial charge on any atom is -0.380 e. The third-order valence-electron chi connectivity index (χ3n) is 8.44. The van der Waals surface area contributed by atoms with Crippen molar-refractivity contribution in [2.24, 2.45) is 0 Å². The second kappa shape index (κ2) is 39.5. The number of rotatable bonds is 31. The van der Waals surface area contributed by atoms with Gasteiger partial charge in [-0.25, -0.2) is 0 Å². The molecule has 0 aliphatic carbocycles. The first-order chi connectivity index (χ1) is 24.1. The van der Waals surface area contributed by atoms with Crippen molar-refractivity contribution in [2.75, 3.05) is 0 Å². The molecular weight excluding hydrogens is 601 g/mol. The Balaban J connectivity index is 3.46. The monoisotopic (exact) mass is 671 g/mol. The quantitative estimate of drug-likeness (QED) is 0.0391. The van der Waals surface area contributed by atoms with E-state index in [2.05, 4.69) is 65.9 Å². The molecule has 0 aliphatic heterocycles. The Bertz CT molecular complexity index is 1060. The third-order valence-corrected chi connectivity index (χ3v) is 8.44. The molecule has 0 amide bonds. The average Bonchev–Trinajstić information content (AvgIpc) is 3.11. The van der Waals surface area contributed by atoms with Gasteiger partial charge in [-0.05, 0) is 95.6 Å². The molecule has 3 nitrogen and oxygen atoms in total. The maximum absolute atomic E-state index is 9.88. The Hall–Kier alpha value is -2.92. The van der Waals surface area contributed by atoms with Gasteiger partial charge in [-0.15, -0.1) is 12.8 Å². The maximum Gasteiger partial charge on any atom is 0.176 e. The predicted molar refractivity (Wildman–Crippen MR) is 212 cm³/mol. The van der Waals surface area contributed by atoms with Gasteiger partial charge in [0.1, 0.15) is 12.2 Å². The molecule has 0 heterocycles. The van der Waals surface area contributed by atoms with E-state index >= 15 is 0 Å². The summed E-state index contributed by atoms with van der Waals surface area (Å²) in [6, 6.07) is 0. The van der Waals surface area contributed by atoms with Crippen LogP contribution in [0.4, 0.5) is 0 Å². The molecule has 3 heteroatoms. The van der Waals surface area contributed by atoms with Crippen LogP contribution in [0.1, 0.15) is 173 Å². The summed E-state index contributed by atoms with van der Waals surface area (Å²) in [6.45, 7) is 0. The fourth-order valence-electron chi connectivity index (χ4n) is 5.40. The summed E-state index contributed by atoms with van der Waals surface area (Å²) in [5.41, 5.74) is 0. The molecule has 0 saturated carbocycles. The summed E-state index contributed by atoms with van der Waals surface area (Å²) >= 11 is 0. The van der Waals surface area contributed by atoms with Gasteiger partial charge in [-0.2, -0.15) is 0 Å². The van der Waals surface area contributed by atoms with E-state index in [-0.39, 0.29) is 0 Å². The lowest BCUT2D eigenvalue weighted by molar-refractivity contribution is 0.217. The van der Waals surface area contributed by atoms with Crippen LogP contribution in [0.5, 0.6) is 0 Å². The molecule has 0 bridgehead atoms. The largest absolute Gasteiger partial charge is 0.380 e. The summed E-state index contributed by atoms with van der Waals surface area (Å²) in [6.07, 6.45) is 56.9. The van der Waals surface area contributed by atoms with E-state index in [0.717, 1.165) is 70.6 Å². The maximum atomic E-state index is 9.88. The van der Waals surface area contributed by atoms with Gasteiger partial charge in [0.15, 0.2) is 6.10 Å². The molecule has 49 heavy (non-hydrogen) atoms. The lowest BCUT2D eigenvalue weighted by atomic mass is 10.0. The number of hydrogen-bond acceptors (Lipinski definition) is 3. The van der Waals surface area contributed by atoms with Gasteiger partial charge in [-0.3, -0.25) is 0 Å². The van der Waals surface area contributed by atoms with E-state index in [9.17, 15) is 15.3 Å². The Morgan fingerprint density at radius 2 is 0.898 bits per heavy atom. The van der Waals surface area contributed by atoms with Gasteiger partial charge in [0.05, 0.1) is 0 Å². The van der Waals surface area contributed by atoms with Gasteiger partial charge >= 0.3 is 0 Å². The SMILES string of the molecule is C#CC(O)C=CCCCCCCC#CC(O)C#CC=CCCC=CCCCCC=CCCCCCCCCCCCCCCCC(O)C#C. The van der Waals surface area contributed by atoms with E-state index in [0.29, 0.717) is 0 Å². The summed E-state index contributed by atoms with van der Waals surface area (Å²) in [4.78, 5) is 0.